The zero-order chi connectivity index (χ0) is 13.9. The molecular formula is C15H21N3O2. The highest BCUT2D eigenvalue weighted by Gasteiger charge is 2.28. The number of hydrogen-bond acceptors (Lipinski definition) is 4. The summed E-state index contributed by atoms with van der Waals surface area (Å²) in [5.41, 5.74) is 2.51. The summed E-state index contributed by atoms with van der Waals surface area (Å²) in [4.78, 5) is 2.40. The Labute approximate surface area is 119 Å². The topological polar surface area (TPSA) is 43.4 Å². The summed E-state index contributed by atoms with van der Waals surface area (Å²) in [6, 6.07) is 3.96. The largest absolute Gasteiger partial charge is 0.468 e. The van der Waals surface area contributed by atoms with Crippen LogP contribution in [0.2, 0.25) is 0 Å². The molecular weight excluding hydrogens is 254 g/mol. The molecule has 0 saturated carbocycles. The third kappa shape index (κ3) is 2.64. The Balaban J connectivity index is 1.80. The van der Waals surface area contributed by atoms with Crippen LogP contribution in [-0.2, 0) is 24.4 Å². The molecule has 0 saturated heterocycles. The van der Waals surface area contributed by atoms with Crippen molar-refractivity contribution in [3.63, 3.8) is 0 Å². The Morgan fingerprint density at radius 2 is 2.40 bits per heavy atom. The van der Waals surface area contributed by atoms with E-state index < -0.39 is 0 Å². The van der Waals surface area contributed by atoms with Gasteiger partial charge in [-0.25, -0.2) is 0 Å². The molecule has 3 heterocycles. The standard InChI is InChI=1S/C15H21N3O2/c1-3-18-9-12-7-17(10-14-5-4-6-20-14)8-13(11-19-2)15(12)16-18/h4-6,9,13H,3,7-8,10-11H2,1-2H3/t13-/m1/s1. The predicted octanol–water partition coefficient (Wildman–Crippen LogP) is 2.24. The summed E-state index contributed by atoms with van der Waals surface area (Å²) < 4.78 is 12.8. The van der Waals surface area contributed by atoms with E-state index in [0.717, 1.165) is 31.9 Å². The van der Waals surface area contributed by atoms with Gasteiger partial charge in [0.2, 0.25) is 0 Å². The fourth-order valence-electron chi connectivity index (χ4n) is 2.88. The van der Waals surface area contributed by atoms with Gasteiger partial charge < -0.3 is 9.15 Å². The lowest BCUT2D eigenvalue weighted by atomic mass is 9.97. The van der Waals surface area contributed by atoms with Crippen LogP contribution in [0.25, 0.3) is 0 Å². The third-order valence-corrected chi connectivity index (χ3v) is 3.78. The van der Waals surface area contributed by atoms with E-state index in [1.165, 1.54) is 11.3 Å². The minimum absolute atomic E-state index is 0.339. The molecule has 0 radical (unpaired) electrons. The minimum Gasteiger partial charge on any atom is -0.468 e. The fraction of sp³-hybridized carbons (Fsp3) is 0.533. The molecule has 0 bridgehead atoms. The van der Waals surface area contributed by atoms with Crippen LogP contribution in [0.5, 0.6) is 0 Å². The number of nitrogens with zero attached hydrogens (tertiary/aromatic N) is 3. The molecule has 1 aliphatic rings. The maximum absolute atomic E-state index is 5.45. The highest BCUT2D eigenvalue weighted by molar-refractivity contribution is 5.25. The van der Waals surface area contributed by atoms with Gasteiger partial charge in [0.15, 0.2) is 0 Å². The van der Waals surface area contributed by atoms with Gasteiger partial charge in [0.05, 0.1) is 25.1 Å². The maximum Gasteiger partial charge on any atom is 0.117 e. The van der Waals surface area contributed by atoms with Crippen LogP contribution in [0.1, 0.15) is 29.9 Å². The second kappa shape index (κ2) is 5.81. The van der Waals surface area contributed by atoms with Crippen LogP contribution in [-0.4, -0.2) is 34.9 Å². The van der Waals surface area contributed by atoms with Crippen LogP contribution >= 0.6 is 0 Å². The summed E-state index contributed by atoms with van der Waals surface area (Å²) in [6.07, 6.45) is 3.89. The summed E-state index contributed by atoms with van der Waals surface area (Å²) >= 11 is 0. The fourth-order valence-corrected chi connectivity index (χ4v) is 2.88. The lowest BCUT2D eigenvalue weighted by Gasteiger charge is -2.30. The van der Waals surface area contributed by atoms with E-state index in [1.807, 2.05) is 16.8 Å². The Hall–Kier alpha value is -1.59. The summed E-state index contributed by atoms with van der Waals surface area (Å²) in [5.74, 6) is 1.35. The minimum atomic E-state index is 0.339. The second-order valence-corrected chi connectivity index (χ2v) is 5.30. The number of aromatic nitrogens is 2. The lowest BCUT2D eigenvalue weighted by molar-refractivity contribution is 0.130. The highest BCUT2D eigenvalue weighted by atomic mass is 16.5. The SMILES string of the molecule is CCn1cc2c(n1)[C@@H](COC)CN(Cc1ccco1)C2. The molecule has 0 unspecified atom stereocenters. The predicted molar refractivity (Wildman–Crippen MR) is 75.3 cm³/mol. The number of methoxy groups -OCH3 is 1. The van der Waals surface area contributed by atoms with E-state index in [1.54, 1.807) is 13.4 Å². The molecule has 0 fully saturated rings. The van der Waals surface area contributed by atoms with E-state index in [4.69, 9.17) is 9.15 Å². The van der Waals surface area contributed by atoms with Crippen molar-refractivity contribution in [3.05, 3.63) is 41.6 Å². The number of fused-ring (bicyclic) bond motifs is 1. The van der Waals surface area contributed by atoms with Crippen LogP contribution in [0.15, 0.2) is 29.0 Å². The monoisotopic (exact) mass is 275 g/mol. The van der Waals surface area contributed by atoms with Gasteiger partial charge in [-0.3, -0.25) is 9.58 Å². The van der Waals surface area contributed by atoms with Gasteiger partial charge in [0.25, 0.3) is 0 Å². The summed E-state index contributed by atoms with van der Waals surface area (Å²) in [6.45, 7) is 6.46. The first-order valence-electron chi connectivity index (χ1n) is 7.10. The number of rotatable bonds is 5. The number of hydrogen-bond donors (Lipinski definition) is 0. The van der Waals surface area contributed by atoms with Gasteiger partial charge in [-0.1, -0.05) is 0 Å². The third-order valence-electron chi connectivity index (χ3n) is 3.78. The van der Waals surface area contributed by atoms with Crippen molar-refractivity contribution < 1.29 is 9.15 Å². The molecule has 0 spiro atoms. The Morgan fingerprint density at radius 3 is 3.10 bits per heavy atom. The maximum atomic E-state index is 5.45. The second-order valence-electron chi connectivity index (χ2n) is 5.30. The van der Waals surface area contributed by atoms with Crippen molar-refractivity contribution >= 4 is 0 Å². The molecule has 2 aromatic rings. The molecule has 1 aliphatic heterocycles. The van der Waals surface area contributed by atoms with Crippen molar-refractivity contribution in [2.75, 3.05) is 20.3 Å². The van der Waals surface area contributed by atoms with E-state index in [0.29, 0.717) is 12.5 Å². The lowest BCUT2D eigenvalue weighted by Crippen LogP contribution is -2.34. The quantitative estimate of drug-likeness (QED) is 0.839. The summed E-state index contributed by atoms with van der Waals surface area (Å²) in [5, 5.41) is 4.69. The average Bonchev–Trinajstić information content (AvgIpc) is 3.08. The molecule has 108 valence electrons. The molecule has 0 N–H and O–H groups in total. The average molecular weight is 275 g/mol. The van der Waals surface area contributed by atoms with E-state index >= 15 is 0 Å². The Kier molecular flexibility index (Phi) is 3.89. The molecule has 1 atom stereocenters. The van der Waals surface area contributed by atoms with Crippen molar-refractivity contribution in [3.8, 4) is 0 Å². The number of aryl methyl sites for hydroxylation is 1. The number of furan rings is 1. The first-order valence-corrected chi connectivity index (χ1v) is 7.10. The van der Waals surface area contributed by atoms with Crippen molar-refractivity contribution in [2.45, 2.75) is 32.5 Å². The first-order chi connectivity index (χ1) is 9.80. The van der Waals surface area contributed by atoms with Crippen molar-refractivity contribution in [1.82, 2.24) is 14.7 Å². The van der Waals surface area contributed by atoms with Gasteiger partial charge in [-0.2, -0.15) is 5.10 Å². The molecule has 5 nitrogen and oxygen atoms in total. The van der Waals surface area contributed by atoms with Crippen LogP contribution in [0.4, 0.5) is 0 Å². The van der Waals surface area contributed by atoms with Crippen LogP contribution in [0, 0.1) is 0 Å². The Morgan fingerprint density at radius 1 is 1.50 bits per heavy atom. The van der Waals surface area contributed by atoms with Gasteiger partial charge in [0.1, 0.15) is 5.76 Å². The summed E-state index contributed by atoms with van der Waals surface area (Å²) in [7, 11) is 1.75. The highest BCUT2D eigenvalue weighted by Crippen LogP contribution is 2.28. The van der Waals surface area contributed by atoms with E-state index in [9.17, 15) is 0 Å². The van der Waals surface area contributed by atoms with E-state index in [-0.39, 0.29) is 0 Å². The molecule has 0 amide bonds. The van der Waals surface area contributed by atoms with Crippen LogP contribution in [0.3, 0.4) is 0 Å². The molecule has 2 aromatic heterocycles. The van der Waals surface area contributed by atoms with E-state index in [2.05, 4.69) is 23.1 Å². The Bertz CT molecular complexity index is 547. The van der Waals surface area contributed by atoms with Gasteiger partial charge in [0, 0.05) is 44.4 Å². The van der Waals surface area contributed by atoms with Gasteiger partial charge in [-0.05, 0) is 19.1 Å². The van der Waals surface area contributed by atoms with Crippen LogP contribution < -0.4 is 0 Å². The van der Waals surface area contributed by atoms with Gasteiger partial charge in [-0.15, -0.1) is 0 Å². The van der Waals surface area contributed by atoms with Gasteiger partial charge >= 0.3 is 0 Å². The molecule has 5 heteroatoms. The molecule has 0 aliphatic carbocycles. The molecule has 20 heavy (non-hydrogen) atoms. The number of ether oxygens (including phenoxy) is 1. The molecule has 0 aromatic carbocycles. The molecule has 3 rings (SSSR count). The first kappa shape index (κ1) is 13.4. The zero-order valence-corrected chi connectivity index (χ0v) is 12.1. The van der Waals surface area contributed by atoms with Crippen molar-refractivity contribution in [1.29, 1.82) is 0 Å². The normalized spacial score (nSPS) is 19.2. The zero-order valence-electron chi connectivity index (χ0n) is 12.1. The van der Waals surface area contributed by atoms with Crippen molar-refractivity contribution in [2.24, 2.45) is 0 Å². The smallest absolute Gasteiger partial charge is 0.117 e.